The number of hydrogen-bond donors (Lipinski definition) is 1. The Morgan fingerprint density at radius 2 is 2.00 bits per heavy atom. The molecule has 1 aliphatic heterocycles. The van der Waals surface area contributed by atoms with Gasteiger partial charge in [0.25, 0.3) is 0 Å². The van der Waals surface area contributed by atoms with Crippen molar-refractivity contribution >= 4 is 38.6 Å². The maximum absolute atomic E-state index is 12.3. The van der Waals surface area contributed by atoms with Crippen LogP contribution in [-0.2, 0) is 4.74 Å². The molecule has 1 aliphatic rings. The zero-order valence-corrected chi connectivity index (χ0v) is 16.3. The van der Waals surface area contributed by atoms with E-state index in [4.69, 9.17) is 4.74 Å². The molecule has 1 unspecified atom stereocenters. The first-order valence-corrected chi connectivity index (χ1v) is 9.28. The SMILES string of the molecule is CC(C)(C)OC(=O)N1CCCC(Nc2nnc(Br)c3ccccc23)C1. The number of fused-ring (bicyclic) bond motifs is 1. The minimum absolute atomic E-state index is 0.125. The molecule has 1 fully saturated rings. The number of nitrogens with one attached hydrogen (secondary N) is 1. The second kappa shape index (κ2) is 7.15. The Morgan fingerprint density at radius 3 is 2.72 bits per heavy atom. The molecule has 134 valence electrons. The summed E-state index contributed by atoms with van der Waals surface area (Å²) >= 11 is 3.44. The Bertz CT molecular complexity index is 775. The first-order valence-electron chi connectivity index (χ1n) is 8.49. The molecule has 1 saturated heterocycles. The summed E-state index contributed by atoms with van der Waals surface area (Å²) in [5.41, 5.74) is -0.481. The number of benzene rings is 1. The van der Waals surface area contributed by atoms with Gasteiger partial charge in [0.1, 0.15) is 10.2 Å². The van der Waals surface area contributed by atoms with Crippen LogP contribution < -0.4 is 5.32 Å². The lowest BCUT2D eigenvalue weighted by Gasteiger charge is -2.34. The fraction of sp³-hybridized carbons (Fsp3) is 0.500. The minimum Gasteiger partial charge on any atom is -0.444 e. The van der Waals surface area contributed by atoms with Crippen molar-refractivity contribution in [3.05, 3.63) is 28.9 Å². The first-order chi connectivity index (χ1) is 11.8. The van der Waals surface area contributed by atoms with Crippen LogP contribution in [0.3, 0.4) is 0 Å². The molecular formula is C18H23BrN4O2. The van der Waals surface area contributed by atoms with Crippen molar-refractivity contribution in [3.63, 3.8) is 0 Å². The Labute approximate surface area is 156 Å². The molecule has 0 bridgehead atoms. The summed E-state index contributed by atoms with van der Waals surface area (Å²) in [4.78, 5) is 14.1. The molecule has 2 heterocycles. The predicted molar refractivity (Wildman–Crippen MR) is 102 cm³/mol. The molecule has 0 saturated carbocycles. The zero-order chi connectivity index (χ0) is 18.0. The van der Waals surface area contributed by atoms with Crippen molar-refractivity contribution in [1.29, 1.82) is 0 Å². The average molecular weight is 407 g/mol. The van der Waals surface area contributed by atoms with E-state index >= 15 is 0 Å². The third-order valence-electron chi connectivity index (χ3n) is 4.06. The van der Waals surface area contributed by atoms with Crippen molar-refractivity contribution < 1.29 is 9.53 Å². The van der Waals surface area contributed by atoms with Crippen LogP contribution in [0.1, 0.15) is 33.6 Å². The summed E-state index contributed by atoms with van der Waals surface area (Å²) in [7, 11) is 0. The predicted octanol–water partition coefficient (Wildman–Crippen LogP) is 4.20. The van der Waals surface area contributed by atoms with Crippen LogP contribution in [0.4, 0.5) is 10.6 Å². The number of halogens is 1. The van der Waals surface area contributed by atoms with Crippen molar-refractivity contribution in [2.75, 3.05) is 18.4 Å². The van der Waals surface area contributed by atoms with Gasteiger partial charge in [-0.25, -0.2) is 4.79 Å². The van der Waals surface area contributed by atoms with Crippen LogP contribution in [0.15, 0.2) is 28.9 Å². The second-order valence-electron chi connectivity index (χ2n) is 7.29. The summed E-state index contributed by atoms with van der Waals surface area (Å²) in [6, 6.07) is 8.11. The summed E-state index contributed by atoms with van der Waals surface area (Å²) in [5.74, 6) is 0.745. The van der Waals surface area contributed by atoms with Crippen LogP contribution in [0.5, 0.6) is 0 Å². The molecule has 0 radical (unpaired) electrons. The van der Waals surface area contributed by atoms with Gasteiger partial charge in [0.15, 0.2) is 5.82 Å². The Hall–Kier alpha value is -1.89. The second-order valence-corrected chi connectivity index (χ2v) is 8.05. The van der Waals surface area contributed by atoms with Gasteiger partial charge in [0, 0.05) is 29.9 Å². The number of likely N-dealkylation sites (tertiary alicyclic amines) is 1. The van der Waals surface area contributed by atoms with E-state index in [9.17, 15) is 4.79 Å². The van der Waals surface area contributed by atoms with Crippen molar-refractivity contribution in [2.24, 2.45) is 0 Å². The van der Waals surface area contributed by atoms with E-state index in [1.807, 2.05) is 45.0 Å². The summed E-state index contributed by atoms with van der Waals surface area (Å²) < 4.78 is 6.22. The van der Waals surface area contributed by atoms with Gasteiger partial charge >= 0.3 is 6.09 Å². The smallest absolute Gasteiger partial charge is 0.410 e. The third-order valence-corrected chi connectivity index (χ3v) is 4.64. The number of carbonyl (C=O) groups is 1. The van der Waals surface area contributed by atoms with Crippen LogP contribution in [-0.4, -0.2) is 45.9 Å². The number of anilines is 1. The molecule has 2 aromatic rings. The monoisotopic (exact) mass is 406 g/mol. The number of amides is 1. The molecule has 1 amide bonds. The van der Waals surface area contributed by atoms with Gasteiger partial charge in [0.05, 0.1) is 0 Å². The van der Waals surface area contributed by atoms with Crippen LogP contribution >= 0.6 is 15.9 Å². The minimum atomic E-state index is -0.481. The number of carbonyl (C=O) groups excluding carboxylic acids is 1. The van der Waals surface area contributed by atoms with E-state index in [1.165, 1.54) is 0 Å². The van der Waals surface area contributed by atoms with Gasteiger partial charge in [-0.15, -0.1) is 10.2 Å². The molecule has 1 atom stereocenters. The van der Waals surface area contributed by atoms with E-state index in [1.54, 1.807) is 4.90 Å². The fourth-order valence-corrected chi connectivity index (χ4v) is 3.38. The van der Waals surface area contributed by atoms with E-state index in [-0.39, 0.29) is 12.1 Å². The molecule has 25 heavy (non-hydrogen) atoms. The number of ether oxygens (including phenoxy) is 1. The highest BCUT2D eigenvalue weighted by atomic mass is 79.9. The Kier molecular flexibility index (Phi) is 5.13. The molecule has 6 nitrogen and oxygen atoms in total. The lowest BCUT2D eigenvalue weighted by Crippen LogP contribution is -2.47. The fourth-order valence-electron chi connectivity index (χ4n) is 2.96. The molecule has 1 N–H and O–H groups in total. The molecule has 0 spiro atoms. The zero-order valence-electron chi connectivity index (χ0n) is 14.8. The molecule has 7 heteroatoms. The standard InChI is InChI=1S/C18H23BrN4O2/c1-18(2,3)25-17(24)23-10-6-7-12(11-23)20-16-14-9-5-4-8-13(14)15(19)21-22-16/h4-5,8-9,12H,6-7,10-11H2,1-3H3,(H,20,22). The highest BCUT2D eigenvalue weighted by Crippen LogP contribution is 2.27. The Balaban J connectivity index is 1.73. The maximum atomic E-state index is 12.3. The number of hydrogen-bond acceptors (Lipinski definition) is 5. The van der Waals surface area contributed by atoms with Crippen molar-refractivity contribution in [1.82, 2.24) is 15.1 Å². The molecular weight excluding hydrogens is 384 g/mol. The lowest BCUT2D eigenvalue weighted by molar-refractivity contribution is 0.0206. The summed E-state index contributed by atoms with van der Waals surface area (Å²) in [6.07, 6.45) is 1.65. The third kappa shape index (κ3) is 4.39. The summed E-state index contributed by atoms with van der Waals surface area (Å²) in [5, 5.41) is 13.9. The van der Waals surface area contributed by atoms with Gasteiger partial charge in [-0.05, 0) is 49.5 Å². The number of piperidine rings is 1. The first kappa shape index (κ1) is 17.9. The number of rotatable bonds is 2. The van der Waals surface area contributed by atoms with Crippen LogP contribution in [0.25, 0.3) is 10.8 Å². The van der Waals surface area contributed by atoms with Crippen LogP contribution in [0.2, 0.25) is 0 Å². The topological polar surface area (TPSA) is 67.3 Å². The lowest BCUT2D eigenvalue weighted by atomic mass is 10.1. The highest BCUT2D eigenvalue weighted by Gasteiger charge is 2.28. The normalized spacial score (nSPS) is 18.2. The van der Waals surface area contributed by atoms with Gasteiger partial charge in [0.2, 0.25) is 0 Å². The average Bonchev–Trinajstić information content (AvgIpc) is 2.56. The van der Waals surface area contributed by atoms with E-state index < -0.39 is 5.60 Å². The van der Waals surface area contributed by atoms with Crippen molar-refractivity contribution in [2.45, 2.75) is 45.3 Å². The van der Waals surface area contributed by atoms with Gasteiger partial charge in [-0.3, -0.25) is 0 Å². The van der Waals surface area contributed by atoms with Gasteiger partial charge in [-0.2, -0.15) is 0 Å². The highest BCUT2D eigenvalue weighted by molar-refractivity contribution is 9.10. The van der Waals surface area contributed by atoms with E-state index in [0.29, 0.717) is 6.54 Å². The molecule has 1 aromatic heterocycles. The van der Waals surface area contributed by atoms with E-state index in [0.717, 1.165) is 40.6 Å². The van der Waals surface area contributed by atoms with Gasteiger partial charge in [-0.1, -0.05) is 24.3 Å². The maximum Gasteiger partial charge on any atom is 0.410 e. The molecule has 1 aromatic carbocycles. The van der Waals surface area contributed by atoms with E-state index in [2.05, 4.69) is 31.4 Å². The number of nitrogens with zero attached hydrogens (tertiary/aromatic N) is 3. The quantitative estimate of drug-likeness (QED) is 0.808. The molecule has 0 aliphatic carbocycles. The number of aromatic nitrogens is 2. The van der Waals surface area contributed by atoms with Crippen molar-refractivity contribution in [3.8, 4) is 0 Å². The Morgan fingerprint density at radius 1 is 1.28 bits per heavy atom. The molecule has 3 rings (SSSR count). The largest absolute Gasteiger partial charge is 0.444 e. The van der Waals surface area contributed by atoms with Crippen LogP contribution in [0, 0.1) is 0 Å². The van der Waals surface area contributed by atoms with Gasteiger partial charge < -0.3 is 15.0 Å². The summed E-state index contributed by atoms with van der Waals surface area (Å²) in [6.45, 7) is 6.97.